The lowest BCUT2D eigenvalue weighted by molar-refractivity contribution is 0.0520. The second kappa shape index (κ2) is 6.89. The van der Waals surface area contributed by atoms with E-state index in [-0.39, 0.29) is 5.69 Å². The lowest BCUT2D eigenvalue weighted by Gasteiger charge is -2.11. The number of esters is 1. The maximum atomic E-state index is 12.1. The van der Waals surface area contributed by atoms with Crippen LogP contribution in [0.2, 0.25) is 5.02 Å². The molecule has 0 atom stereocenters. The summed E-state index contributed by atoms with van der Waals surface area (Å²) in [5.41, 5.74) is 3.09. The number of rotatable bonds is 4. The summed E-state index contributed by atoms with van der Waals surface area (Å²) in [5, 5.41) is 0.626. The molecule has 0 unspecified atom stereocenters. The highest BCUT2D eigenvalue weighted by Gasteiger charge is 2.18. The van der Waals surface area contributed by atoms with Crippen molar-refractivity contribution in [1.29, 1.82) is 0 Å². The van der Waals surface area contributed by atoms with Gasteiger partial charge in [-0.1, -0.05) is 48.0 Å². The molecule has 1 aromatic heterocycles. The number of hydrogen-bond donors (Lipinski definition) is 0. The van der Waals surface area contributed by atoms with Crippen molar-refractivity contribution in [2.24, 2.45) is 0 Å². The SMILES string of the molecule is CCOC(=O)c1cn(-c2cc(Cl)ccc2C)c(-c2ccccc2)n1. The topological polar surface area (TPSA) is 44.1 Å². The van der Waals surface area contributed by atoms with Crippen molar-refractivity contribution < 1.29 is 9.53 Å². The Morgan fingerprint density at radius 3 is 2.67 bits per heavy atom. The Morgan fingerprint density at radius 2 is 1.96 bits per heavy atom. The summed E-state index contributed by atoms with van der Waals surface area (Å²) in [6.45, 7) is 4.07. The standard InChI is InChI=1S/C19H17ClN2O2/c1-3-24-19(23)16-12-22(17-11-15(20)10-9-13(17)2)18(21-16)14-7-5-4-6-8-14/h4-12H,3H2,1-2H3. The normalized spacial score (nSPS) is 10.6. The summed E-state index contributed by atoms with van der Waals surface area (Å²) in [7, 11) is 0. The van der Waals surface area contributed by atoms with E-state index in [9.17, 15) is 4.79 Å². The van der Waals surface area contributed by atoms with Gasteiger partial charge in [-0.15, -0.1) is 0 Å². The second-order valence-corrected chi connectivity index (χ2v) is 5.77. The van der Waals surface area contributed by atoms with E-state index in [2.05, 4.69) is 4.98 Å². The first kappa shape index (κ1) is 16.3. The van der Waals surface area contributed by atoms with E-state index in [0.29, 0.717) is 17.5 Å². The molecule has 3 rings (SSSR count). The molecule has 0 spiro atoms. The third-order valence-corrected chi connectivity index (χ3v) is 3.89. The molecule has 0 radical (unpaired) electrons. The Morgan fingerprint density at radius 1 is 1.21 bits per heavy atom. The van der Waals surface area contributed by atoms with Gasteiger partial charge in [-0.2, -0.15) is 0 Å². The van der Waals surface area contributed by atoms with Crippen molar-refractivity contribution in [3.05, 3.63) is 71.0 Å². The van der Waals surface area contributed by atoms with Crippen LogP contribution in [-0.2, 0) is 4.74 Å². The van der Waals surface area contributed by atoms with Crippen LogP contribution in [0.5, 0.6) is 0 Å². The molecule has 0 fully saturated rings. The van der Waals surface area contributed by atoms with Gasteiger partial charge in [0.25, 0.3) is 0 Å². The molecule has 0 saturated carbocycles. The van der Waals surface area contributed by atoms with Crippen molar-refractivity contribution >= 4 is 17.6 Å². The van der Waals surface area contributed by atoms with E-state index < -0.39 is 5.97 Å². The zero-order chi connectivity index (χ0) is 17.1. The first-order valence-corrected chi connectivity index (χ1v) is 8.06. The number of aromatic nitrogens is 2. The highest BCUT2D eigenvalue weighted by molar-refractivity contribution is 6.30. The van der Waals surface area contributed by atoms with Gasteiger partial charge in [0.1, 0.15) is 5.82 Å². The van der Waals surface area contributed by atoms with Crippen molar-refractivity contribution in [2.45, 2.75) is 13.8 Å². The molecule has 0 aliphatic carbocycles. The van der Waals surface area contributed by atoms with Crippen LogP contribution in [0.15, 0.2) is 54.7 Å². The maximum Gasteiger partial charge on any atom is 0.358 e. The Balaban J connectivity index is 2.20. The van der Waals surface area contributed by atoms with Crippen molar-refractivity contribution in [3.63, 3.8) is 0 Å². The lowest BCUT2D eigenvalue weighted by Crippen LogP contribution is -2.04. The van der Waals surface area contributed by atoms with Crippen LogP contribution >= 0.6 is 11.6 Å². The molecule has 0 saturated heterocycles. The average Bonchev–Trinajstić information content (AvgIpc) is 3.03. The van der Waals surface area contributed by atoms with Gasteiger partial charge in [0.15, 0.2) is 5.69 Å². The highest BCUT2D eigenvalue weighted by atomic mass is 35.5. The number of imidazole rings is 1. The third-order valence-electron chi connectivity index (χ3n) is 3.65. The van der Waals surface area contributed by atoms with Gasteiger partial charge >= 0.3 is 5.97 Å². The summed E-state index contributed by atoms with van der Waals surface area (Å²) in [6, 6.07) is 15.4. The fourth-order valence-corrected chi connectivity index (χ4v) is 2.67. The smallest absolute Gasteiger partial charge is 0.358 e. The number of carbonyl (C=O) groups excluding carboxylic acids is 1. The average molecular weight is 341 g/mol. The van der Waals surface area contributed by atoms with Crippen molar-refractivity contribution in [2.75, 3.05) is 6.61 Å². The number of benzene rings is 2. The number of ether oxygens (including phenoxy) is 1. The molecule has 3 aromatic rings. The minimum atomic E-state index is -0.437. The van der Waals surface area contributed by atoms with E-state index in [1.54, 1.807) is 13.1 Å². The predicted molar refractivity (Wildman–Crippen MR) is 94.7 cm³/mol. The van der Waals surface area contributed by atoms with E-state index in [0.717, 1.165) is 16.8 Å². The molecule has 4 nitrogen and oxygen atoms in total. The quantitative estimate of drug-likeness (QED) is 0.648. The van der Waals surface area contributed by atoms with Gasteiger partial charge in [-0.05, 0) is 31.5 Å². The number of carbonyl (C=O) groups is 1. The maximum absolute atomic E-state index is 12.1. The monoisotopic (exact) mass is 340 g/mol. The van der Waals surface area contributed by atoms with E-state index in [4.69, 9.17) is 16.3 Å². The molecule has 0 aliphatic heterocycles. The predicted octanol–water partition coefficient (Wildman–Crippen LogP) is 4.68. The number of aryl methyl sites for hydroxylation is 1. The van der Waals surface area contributed by atoms with Crippen LogP contribution in [0.1, 0.15) is 23.0 Å². The molecule has 0 bridgehead atoms. The Bertz CT molecular complexity index is 872. The summed E-state index contributed by atoms with van der Waals surface area (Å²) in [4.78, 5) is 16.6. The van der Waals surface area contributed by atoms with Gasteiger partial charge in [0.2, 0.25) is 0 Å². The second-order valence-electron chi connectivity index (χ2n) is 5.34. The Labute approximate surface area is 145 Å². The molecular weight excluding hydrogens is 324 g/mol. The van der Waals surface area contributed by atoms with Crippen LogP contribution in [-0.4, -0.2) is 22.1 Å². The highest BCUT2D eigenvalue weighted by Crippen LogP contribution is 2.27. The summed E-state index contributed by atoms with van der Waals surface area (Å²) >= 11 is 6.16. The van der Waals surface area contributed by atoms with Crippen molar-refractivity contribution in [1.82, 2.24) is 9.55 Å². The van der Waals surface area contributed by atoms with E-state index in [1.807, 2.05) is 60.0 Å². The Hall–Kier alpha value is -2.59. The minimum absolute atomic E-state index is 0.273. The van der Waals surface area contributed by atoms with Gasteiger partial charge in [-0.3, -0.25) is 4.57 Å². The zero-order valence-electron chi connectivity index (χ0n) is 13.5. The largest absolute Gasteiger partial charge is 0.461 e. The van der Waals surface area contributed by atoms with Crippen molar-refractivity contribution in [3.8, 4) is 17.1 Å². The zero-order valence-corrected chi connectivity index (χ0v) is 14.2. The number of halogens is 1. The van der Waals surface area contributed by atoms with Gasteiger partial charge in [0, 0.05) is 16.8 Å². The van der Waals surface area contributed by atoms with E-state index in [1.165, 1.54) is 0 Å². The molecule has 2 aromatic carbocycles. The van der Waals surface area contributed by atoms with Crippen LogP contribution < -0.4 is 0 Å². The fourth-order valence-electron chi connectivity index (χ4n) is 2.50. The first-order valence-electron chi connectivity index (χ1n) is 7.68. The van der Waals surface area contributed by atoms with Crippen LogP contribution in [0.25, 0.3) is 17.1 Å². The minimum Gasteiger partial charge on any atom is -0.461 e. The van der Waals surface area contributed by atoms with Gasteiger partial charge in [0.05, 0.1) is 12.3 Å². The molecular formula is C19H17ClN2O2. The molecule has 0 aliphatic rings. The first-order chi connectivity index (χ1) is 11.6. The number of hydrogen-bond acceptors (Lipinski definition) is 3. The van der Waals surface area contributed by atoms with Gasteiger partial charge in [-0.25, -0.2) is 9.78 Å². The molecule has 0 amide bonds. The molecule has 122 valence electrons. The van der Waals surface area contributed by atoms with Crippen LogP contribution in [0.3, 0.4) is 0 Å². The summed E-state index contributed by atoms with van der Waals surface area (Å²) in [5.74, 6) is 0.233. The summed E-state index contributed by atoms with van der Waals surface area (Å²) < 4.78 is 6.96. The van der Waals surface area contributed by atoms with Gasteiger partial charge < -0.3 is 4.74 Å². The third kappa shape index (κ3) is 3.19. The summed E-state index contributed by atoms with van der Waals surface area (Å²) in [6.07, 6.45) is 1.69. The number of nitrogens with zero attached hydrogens (tertiary/aromatic N) is 2. The molecule has 5 heteroatoms. The van der Waals surface area contributed by atoms with E-state index >= 15 is 0 Å². The van der Waals surface area contributed by atoms with Crippen LogP contribution in [0, 0.1) is 6.92 Å². The molecule has 0 N–H and O–H groups in total. The molecule has 1 heterocycles. The molecule has 24 heavy (non-hydrogen) atoms. The van der Waals surface area contributed by atoms with Crippen LogP contribution in [0.4, 0.5) is 0 Å². The lowest BCUT2D eigenvalue weighted by atomic mass is 10.1. The fraction of sp³-hybridized carbons (Fsp3) is 0.158. The Kier molecular flexibility index (Phi) is 4.67.